The predicted octanol–water partition coefficient (Wildman–Crippen LogP) is -0.749. The van der Waals surface area contributed by atoms with Gasteiger partial charge in [-0.25, -0.2) is 22.8 Å². The predicted molar refractivity (Wildman–Crippen MR) is 84.9 cm³/mol. The minimum absolute atomic E-state index is 0.285. The largest absolute Gasteiger partial charge is 0.351 e. The number of benzene rings is 1. The Morgan fingerprint density at radius 1 is 1.31 bits per heavy atom. The van der Waals surface area contributed by atoms with Crippen LogP contribution in [0.5, 0.6) is 0 Å². The third-order valence-corrected chi connectivity index (χ3v) is 3.10. The summed E-state index contributed by atoms with van der Waals surface area (Å²) < 4.78 is 28.4. The summed E-state index contributed by atoms with van der Waals surface area (Å²) in [6, 6.07) is 2.92. The first-order valence-corrected chi connectivity index (χ1v) is 6.85. The van der Waals surface area contributed by atoms with Crippen molar-refractivity contribution < 1.29 is 13.6 Å². The quantitative estimate of drug-likeness (QED) is 0.236. The molecule has 2 aromatic rings. The molecule has 2 rings (SSSR count). The van der Waals surface area contributed by atoms with E-state index in [0.29, 0.717) is 4.68 Å². The molecule has 0 fully saturated rings. The second kappa shape index (κ2) is 7.42. The van der Waals surface area contributed by atoms with Crippen molar-refractivity contribution in [2.75, 3.05) is 7.05 Å². The summed E-state index contributed by atoms with van der Waals surface area (Å²) >= 11 is 0. The Hall–Kier alpha value is -3.77. The number of guanidine groups is 1. The molecule has 0 bridgehead atoms. The van der Waals surface area contributed by atoms with E-state index in [4.69, 9.17) is 5.84 Å². The molecular formula is C13H12F2N8O3. The first kappa shape index (κ1) is 18.6. The zero-order valence-corrected chi connectivity index (χ0v) is 13.5. The molecule has 0 radical (unpaired) electrons. The second-order valence-electron chi connectivity index (χ2n) is 4.69. The van der Waals surface area contributed by atoms with Gasteiger partial charge in [-0.05, 0) is 12.1 Å². The maximum Gasteiger partial charge on any atom is 0.351 e. The lowest BCUT2D eigenvalue weighted by atomic mass is 10.3. The Morgan fingerprint density at radius 3 is 2.62 bits per heavy atom. The molecule has 136 valence electrons. The average Bonchev–Trinajstić information content (AvgIpc) is 2.61. The molecule has 0 spiro atoms. The number of aryl methyl sites for hydroxylation is 1. The lowest BCUT2D eigenvalue weighted by Gasteiger charge is -2.10. The molecule has 13 heteroatoms. The van der Waals surface area contributed by atoms with E-state index in [0.717, 1.165) is 25.2 Å². The van der Waals surface area contributed by atoms with Crippen LogP contribution in [0, 0.1) is 11.6 Å². The van der Waals surface area contributed by atoms with E-state index in [2.05, 4.69) is 25.7 Å². The van der Waals surface area contributed by atoms with Crippen LogP contribution in [0.4, 0.5) is 8.78 Å². The van der Waals surface area contributed by atoms with Gasteiger partial charge in [0.2, 0.25) is 11.7 Å². The SMILES string of the molecule is CN=C(/N=N\N)NC(=O)c1nn(C)c(=O)n(-c2cccc(F)c2F)c1=O. The monoisotopic (exact) mass is 366 g/mol. The lowest BCUT2D eigenvalue weighted by molar-refractivity contribution is 0.0966. The van der Waals surface area contributed by atoms with Crippen LogP contribution in [-0.4, -0.2) is 33.3 Å². The van der Waals surface area contributed by atoms with Crippen molar-refractivity contribution in [2.24, 2.45) is 28.2 Å². The van der Waals surface area contributed by atoms with Gasteiger partial charge in [0.15, 0.2) is 11.6 Å². The van der Waals surface area contributed by atoms with Gasteiger partial charge in [0, 0.05) is 14.1 Å². The Morgan fingerprint density at radius 2 is 2.00 bits per heavy atom. The van der Waals surface area contributed by atoms with Crippen molar-refractivity contribution in [3.8, 4) is 5.69 Å². The fourth-order valence-corrected chi connectivity index (χ4v) is 1.93. The zero-order valence-electron chi connectivity index (χ0n) is 13.5. The van der Waals surface area contributed by atoms with Gasteiger partial charge in [-0.2, -0.15) is 5.10 Å². The number of aliphatic imine (C=N–C) groups is 1. The molecule has 1 amide bonds. The standard InChI is InChI=1S/C13H12F2N8O3/c1-17-12(19-21-16)18-10(24)9-11(25)23(13(26)22(2)20-9)7-5-3-4-6(14)8(7)15/h3-5H,1-2H3,(H3,16,17,18,19,24). The molecule has 0 aliphatic carbocycles. The molecule has 11 nitrogen and oxygen atoms in total. The van der Waals surface area contributed by atoms with Crippen LogP contribution in [0.2, 0.25) is 0 Å². The molecule has 0 aliphatic heterocycles. The second-order valence-corrected chi connectivity index (χ2v) is 4.69. The number of hydrogen-bond acceptors (Lipinski definition) is 6. The highest BCUT2D eigenvalue weighted by molar-refractivity contribution is 6.04. The van der Waals surface area contributed by atoms with E-state index in [-0.39, 0.29) is 10.5 Å². The van der Waals surface area contributed by atoms with Gasteiger partial charge in [-0.3, -0.25) is 19.9 Å². The molecule has 0 atom stereocenters. The minimum Gasteiger partial charge on any atom is -0.304 e. The summed E-state index contributed by atoms with van der Waals surface area (Å²) in [6.45, 7) is 0. The molecular weight excluding hydrogens is 354 g/mol. The van der Waals surface area contributed by atoms with Crippen LogP contribution in [0.25, 0.3) is 5.69 Å². The summed E-state index contributed by atoms with van der Waals surface area (Å²) in [5.41, 5.74) is -3.81. The summed E-state index contributed by atoms with van der Waals surface area (Å²) in [5.74, 6) is 0.694. The Bertz CT molecular complexity index is 1040. The first-order valence-electron chi connectivity index (χ1n) is 6.85. The third kappa shape index (κ3) is 3.35. The van der Waals surface area contributed by atoms with Crippen LogP contribution in [0.1, 0.15) is 10.5 Å². The summed E-state index contributed by atoms with van der Waals surface area (Å²) in [7, 11) is 2.39. The highest BCUT2D eigenvalue weighted by Crippen LogP contribution is 2.13. The smallest absolute Gasteiger partial charge is 0.304 e. The number of hydrogen-bond donors (Lipinski definition) is 2. The van der Waals surface area contributed by atoms with Crippen molar-refractivity contribution in [3.63, 3.8) is 0 Å². The maximum absolute atomic E-state index is 14.0. The Labute approximate surface area is 143 Å². The average molecular weight is 366 g/mol. The van der Waals surface area contributed by atoms with Gasteiger partial charge in [0.25, 0.3) is 11.5 Å². The topological polar surface area (TPSA) is 149 Å². The summed E-state index contributed by atoms with van der Waals surface area (Å²) in [5, 5.41) is 11.8. The molecule has 0 saturated carbocycles. The number of carbonyl (C=O) groups excluding carboxylic acids is 1. The van der Waals surface area contributed by atoms with Crippen molar-refractivity contribution in [3.05, 3.63) is 56.4 Å². The van der Waals surface area contributed by atoms with Gasteiger partial charge in [0.05, 0.1) is 5.69 Å². The number of carbonyl (C=O) groups is 1. The van der Waals surface area contributed by atoms with Gasteiger partial charge >= 0.3 is 5.69 Å². The molecule has 26 heavy (non-hydrogen) atoms. The summed E-state index contributed by atoms with van der Waals surface area (Å²) in [4.78, 5) is 40.4. The number of aromatic nitrogens is 3. The van der Waals surface area contributed by atoms with Crippen LogP contribution in [-0.2, 0) is 7.05 Å². The number of amides is 1. The number of halogens is 2. The van der Waals surface area contributed by atoms with Gasteiger partial charge < -0.3 is 5.84 Å². The van der Waals surface area contributed by atoms with Crippen LogP contribution >= 0.6 is 0 Å². The van der Waals surface area contributed by atoms with Crippen LogP contribution in [0.15, 0.2) is 43.1 Å². The maximum atomic E-state index is 14.0. The molecule has 1 heterocycles. The van der Waals surface area contributed by atoms with E-state index in [1.54, 1.807) is 0 Å². The van der Waals surface area contributed by atoms with Crippen molar-refractivity contribution >= 4 is 11.9 Å². The van der Waals surface area contributed by atoms with E-state index >= 15 is 0 Å². The van der Waals surface area contributed by atoms with Crippen molar-refractivity contribution in [1.29, 1.82) is 0 Å². The van der Waals surface area contributed by atoms with Crippen molar-refractivity contribution in [2.45, 2.75) is 0 Å². The van der Waals surface area contributed by atoms with Crippen LogP contribution in [0.3, 0.4) is 0 Å². The summed E-state index contributed by atoms with van der Waals surface area (Å²) in [6.07, 6.45) is 0. The van der Waals surface area contributed by atoms with Gasteiger partial charge in [-0.15, -0.1) is 0 Å². The Kier molecular flexibility index (Phi) is 5.30. The number of nitrogens with one attached hydrogen (secondary N) is 1. The third-order valence-electron chi connectivity index (χ3n) is 3.10. The minimum atomic E-state index is -1.43. The number of nitrogens with zero attached hydrogens (tertiary/aromatic N) is 6. The highest BCUT2D eigenvalue weighted by atomic mass is 19.2. The van der Waals surface area contributed by atoms with E-state index < -0.39 is 40.2 Å². The number of nitrogens with two attached hydrogens (primary N) is 1. The Balaban J connectivity index is 2.67. The fraction of sp³-hybridized carbons (Fsp3) is 0.154. The zero-order chi connectivity index (χ0) is 19.4. The molecule has 1 aromatic heterocycles. The van der Waals surface area contributed by atoms with Crippen LogP contribution < -0.4 is 22.4 Å². The molecule has 0 aliphatic rings. The number of rotatable bonds is 2. The van der Waals surface area contributed by atoms with Gasteiger partial charge in [-0.1, -0.05) is 16.4 Å². The van der Waals surface area contributed by atoms with Crippen molar-refractivity contribution in [1.82, 2.24) is 19.7 Å². The molecule has 1 aromatic carbocycles. The van der Waals surface area contributed by atoms with E-state index in [9.17, 15) is 23.2 Å². The van der Waals surface area contributed by atoms with E-state index in [1.807, 2.05) is 0 Å². The van der Waals surface area contributed by atoms with Gasteiger partial charge in [0.1, 0.15) is 0 Å². The lowest BCUT2D eigenvalue weighted by Crippen LogP contribution is -2.45. The van der Waals surface area contributed by atoms with E-state index in [1.165, 1.54) is 7.05 Å². The molecule has 0 unspecified atom stereocenters. The normalized spacial score (nSPS) is 11.8. The fourth-order valence-electron chi connectivity index (χ4n) is 1.93. The molecule has 3 N–H and O–H groups in total. The highest BCUT2D eigenvalue weighted by Gasteiger charge is 2.22. The first-order chi connectivity index (χ1) is 12.3. The molecule has 0 saturated heterocycles.